The summed E-state index contributed by atoms with van der Waals surface area (Å²) in [6.45, 7) is 0.249. The molecule has 1 aromatic heterocycles. The van der Waals surface area contributed by atoms with Crippen LogP contribution in [0.2, 0.25) is 0 Å². The van der Waals surface area contributed by atoms with Gasteiger partial charge in [-0.05, 0) is 49.8 Å². The summed E-state index contributed by atoms with van der Waals surface area (Å²) in [4.78, 5) is 15.0. The van der Waals surface area contributed by atoms with E-state index in [2.05, 4.69) is 10.2 Å². The predicted molar refractivity (Wildman–Crippen MR) is 90.4 cm³/mol. The summed E-state index contributed by atoms with van der Waals surface area (Å²) < 4.78 is 13.1. The molecule has 2 N–H and O–H groups in total. The maximum Gasteiger partial charge on any atom is 0.230 e. The molecule has 2 aliphatic carbocycles. The highest BCUT2D eigenvalue weighted by Crippen LogP contribution is 2.36. The monoisotopic (exact) mass is 343 g/mol. The molecular weight excluding hydrogens is 321 g/mol. The maximum absolute atomic E-state index is 13.2. The number of aromatic amines is 1. The molecule has 0 radical (unpaired) electrons. The highest BCUT2D eigenvalue weighted by atomic mass is 19.1. The highest BCUT2D eigenvalue weighted by molar-refractivity contribution is 5.84. The maximum atomic E-state index is 13.2. The van der Waals surface area contributed by atoms with Gasteiger partial charge < -0.3 is 10.0 Å². The Morgan fingerprint density at radius 2 is 2.08 bits per heavy atom. The molecule has 132 valence electrons. The Bertz CT molecular complexity index is 754. The van der Waals surface area contributed by atoms with Crippen LogP contribution in [0.25, 0.3) is 0 Å². The third kappa shape index (κ3) is 3.31. The first-order valence-corrected chi connectivity index (χ1v) is 8.89. The van der Waals surface area contributed by atoms with Crippen LogP contribution in [0.3, 0.4) is 0 Å². The van der Waals surface area contributed by atoms with Crippen LogP contribution in [0.5, 0.6) is 0 Å². The number of aromatic nitrogens is 2. The molecule has 2 aromatic rings. The topological polar surface area (TPSA) is 69.2 Å². The van der Waals surface area contributed by atoms with Gasteiger partial charge >= 0.3 is 0 Å². The van der Waals surface area contributed by atoms with Crippen LogP contribution in [-0.2, 0) is 11.2 Å². The lowest BCUT2D eigenvalue weighted by molar-refractivity contribution is -0.135. The summed E-state index contributed by atoms with van der Waals surface area (Å²) in [5, 5.41) is 17.6. The van der Waals surface area contributed by atoms with Crippen LogP contribution in [0.4, 0.5) is 4.39 Å². The van der Waals surface area contributed by atoms with Crippen molar-refractivity contribution in [2.45, 2.75) is 50.2 Å². The minimum absolute atomic E-state index is 0.0750. The second kappa shape index (κ2) is 6.59. The Morgan fingerprint density at radius 3 is 2.80 bits per heavy atom. The average molecular weight is 343 g/mol. The first kappa shape index (κ1) is 16.3. The van der Waals surface area contributed by atoms with Crippen molar-refractivity contribution < 1.29 is 14.3 Å². The molecule has 1 saturated carbocycles. The highest BCUT2D eigenvalue weighted by Gasteiger charge is 2.39. The van der Waals surface area contributed by atoms with Gasteiger partial charge in [0.05, 0.1) is 24.8 Å². The zero-order valence-corrected chi connectivity index (χ0v) is 14.0. The van der Waals surface area contributed by atoms with Crippen LogP contribution in [0.1, 0.15) is 54.5 Å². The Balaban J connectivity index is 1.52. The van der Waals surface area contributed by atoms with E-state index in [-0.39, 0.29) is 30.2 Å². The number of aliphatic hydroxyl groups is 1. The lowest BCUT2D eigenvalue weighted by atomic mass is 9.86. The number of H-pyrrole nitrogens is 1. The van der Waals surface area contributed by atoms with Crippen molar-refractivity contribution in [2.75, 3.05) is 6.54 Å². The molecule has 0 aliphatic heterocycles. The Labute approximate surface area is 145 Å². The summed E-state index contributed by atoms with van der Waals surface area (Å²) in [6, 6.07) is 6.02. The lowest BCUT2D eigenvalue weighted by Gasteiger charge is -2.31. The molecule has 5 nitrogen and oxygen atoms in total. The smallest absolute Gasteiger partial charge is 0.230 e. The number of aryl methyl sites for hydroxylation is 1. The van der Waals surface area contributed by atoms with Crippen LogP contribution in [-0.4, -0.2) is 38.7 Å². The fourth-order valence-corrected chi connectivity index (χ4v) is 3.70. The summed E-state index contributed by atoms with van der Waals surface area (Å²) in [5.41, 5.74) is 2.69. The van der Waals surface area contributed by atoms with Crippen molar-refractivity contribution in [3.63, 3.8) is 0 Å². The fraction of sp³-hybridized carbons (Fsp3) is 0.474. The third-order valence-corrected chi connectivity index (χ3v) is 5.24. The van der Waals surface area contributed by atoms with E-state index in [1.807, 2.05) is 4.90 Å². The summed E-state index contributed by atoms with van der Waals surface area (Å²) in [6.07, 6.45) is 5.63. The van der Waals surface area contributed by atoms with E-state index in [1.54, 1.807) is 18.3 Å². The van der Waals surface area contributed by atoms with Crippen molar-refractivity contribution >= 4 is 5.91 Å². The molecular formula is C19H22FN3O2. The van der Waals surface area contributed by atoms with Crippen LogP contribution in [0.15, 0.2) is 30.5 Å². The number of amides is 1. The molecule has 4 rings (SSSR count). The molecule has 1 amide bonds. The molecule has 25 heavy (non-hydrogen) atoms. The van der Waals surface area contributed by atoms with Crippen molar-refractivity contribution in [2.24, 2.45) is 0 Å². The number of nitrogens with one attached hydrogen (secondary N) is 1. The largest absolute Gasteiger partial charge is 0.387 e. The minimum atomic E-state index is -0.808. The standard InChI is InChI=1S/C19H22FN3O2/c20-13-6-4-12(5-7-13)18(24)11-23(14-8-9-14)19(25)15-2-1-3-17-16(15)10-21-22-17/h4-7,10,14-15,18,24H,1-3,8-9,11H2,(H,21,22). The molecule has 2 aliphatic rings. The van der Waals surface area contributed by atoms with E-state index in [1.165, 1.54) is 12.1 Å². The summed E-state index contributed by atoms with van der Waals surface area (Å²) in [7, 11) is 0. The number of benzene rings is 1. The quantitative estimate of drug-likeness (QED) is 0.877. The van der Waals surface area contributed by atoms with Crippen LogP contribution in [0, 0.1) is 5.82 Å². The van der Waals surface area contributed by atoms with E-state index < -0.39 is 6.10 Å². The normalized spacial score (nSPS) is 20.8. The van der Waals surface area contributed by atoms with Crippen LogP contribution >= 0.6 is 0 Å². The third-order valence-electron chi connectivity index (χ3n) is 5.24. The number of hydrogen-bond donors (Lipinski definition) is 2. The van der Waals surface area contributed by atoms with Gasteiger partial charge in [0.1, 0.15) is 5.82 Å². The molecule has 2 atom stereocenters. The Morgan fingerprint density at radius 1 is 1.32 bits per heavy atom. The molecule has 6 heteroatoms. The predicted octanol–water partition coefficient (Wildman–Crippen LogP) is 2.69. The van der Waals surface area contributed by atoms with Gasteiger partial charge in [0.25, 0.3) is 0 Å². The second-order valence-electron chi connectivity index (χ2n) is 7.04. The first-order chi connectivity index (χ1) is 12.1. The number of nitrogens with zero attached hydrogens (tertiary/aromatic N) is 2. The van der Waals surface area contributed by atoms with Crippen molar-refractivity contribution in [1.82, 2.24) is 15.1 Å². The van der Waals surface area contributed by atoms with E-state index in [4.69, 9.17) is 0 Å². The van der Waals surface area contributed by atoms with Gasteiger partial charge in [-0.1, -0.05) is 12.1 Å². The van der Waals surface area contributed by atoms with Gasteiger partial charge in [-0.25, -0.2) is 4.39 Å². The van der Waals surface area contributed by atoms with Crippen LogP contribution < -0.4 is 0 Å². The number of rotatable bonds is 5. The van der Waals surface area contributed by atoms with Gasteiger partial charge in [-0.15, -0.1) is 0 Å². The summed E-state index contributed by atoms with van der Waals surface area (Å²) >= 11 is 0. The lowest BCUT2D eigenvalue weighted by Crippen LogP contribution is -2.40. The van der Waals surface area contributed by atoms with Crippen molar-refractivity contribution in [1.29, 1.82) is 0 Å². The Hall–Kier alpha value is -2.21. The van der Waals surface area contributed by atoms with E-state index in [0.29, 0.717) is 5.56 Å². The second-order valence-corrected chi connectivity index (χ2v) is 7.04. The fourth-order valence-electron chi connectivity index (χ4n) is 3.70. The molecule has 0 spiro atoms. The van der Waals surface area contributed by atoms with E-state index >= 15 is 0 Å². The zero-order valence-electron chi connectivity index (χ0n) is 14.0. The number of carbonyl (C=O) groups excluding carboxylic acids is 1. The van der Waals surface area contributed by atoms with Gasteiger partial charge in [0.15, 0.2) is 0 Å². The number of carbonyl (C=O) groups is 1. The average Bonchev–Trinajstić information content (AvgIpc) is 3.35. The molecule has 2 unspecified atom stereocenters. The number of aliphatic hydroxyl groups excluding tert-OH is 1. The van der Waals surface area contributed by atoms with E-state index in [0.717, 1.165) is 43.4 Å². The molecule has 1 heterocycles. The SMILES string of the molecule is O=C(C1CCCc2[nH]ncc21)N(CC(O)c1ccc(F)cc1)C1CC1. The number of hydrogen-bond acceptors (Lipinski definition) is 3. The van der Waals surface area contributed by atoms with Gasteiger partial charge in [-0.2, -0.15) is 5.10 Å². The number of halogens is 1. The van der Waals surface area contributed by atoms with E-state index in [9.17, 15) is 14.3 Å². The van der Waals surface area contributed by atoms with Gasteiger partial charge in [0, 0.05) is 17.3 Å². The number of fused-ring (bicyclic) bond motifs is 1. The van der Waals surface area contributed by atoms with Gasteiger partial charge in [-0.3, -0.25) is 9.89 Å². The Kier molecular flexibility index (Phi) is 4.29. The minimum Gasteiger partial charge on any atom is -0.387 e. The molecule has 1 fully saturated rings. The molecule has 0 saturated heterocycles. The van der Waals surface area contributed by atoms with Crippen molar-refractivity contribution in [3.8, 4) is 0 Å². The summed E-state index contributed by atoms with van der Waals surface area (Å²) in [5.74, 6) is -0.435. The van der Waals surface area contributed by atoms with Gasteiger partial charge in [0.2, 0.25) is 5.91 Å². The molecule has 0 bridgehead atoms. The zero-order chi connectivity index (χ0) is 17.4. The molecule has 1 aromatic carbocycles. The van der Waals surface area contributed by atoms with Crippen molar-refractivity contribution in [3.05, 3.63) is 53.1 Å². The first-order valence-electron chi connectivity index (χ1n) is 8.89.